The van der Waals surface area contributed by atoms with Gasteiger partial charge in [0.2, 0.25) is 0 Å². The van der Waals surface area contributed by atoms with Crippen LogP contribution in [0.15, 0.2) is 0 Å². The van der Waals surface area contributed by atoms with Gasteiger partial charge in [-0.3, -0.25) is 0 Å². The monoisotopic (exact) mass is 196 g/mol. The van der Waals surface area contributed by atoms with Gasteiger partial charge in [0.25, 0.3) is 0 Å². The molecule has 0 amide bonds. The molecule has 0 saturated heterocycles. The first kappa shape index (κ1) is 9.17. The molecule has 0 aliphatic heterocycles. The number of hydrogen-bond acceptors (Lipinski definition) is 2. The van der Waals surface area contributed by atoms with Crippen molar-refractivity contribution in [3.63, 3.8) is 0 Å². The molecule has 0 heterocycles. The second-order valence-corrected chi connectivity index (χ2v) is 6.26. The normalized spacial score (nSPS) is 61.5. The summed E-state index contributed by atoms with van der Waals surface area (Å²) < 4.78 is 0. The molecule has 4 aliphatic carbocycles. The van der Waals surface area contributed by atoms with Gasteiger partial charge in [-0.15, -0.1) is 0 Å². The Kier molecular flexibility index (Phi) is 1.79. The largest absolute Gasteiger partial charge is 0.390 e. The van der Waals surface area contributed by atoms with E-state index in [1.54, 1.807) is 0 Å². The molecule has 0 aromatic heterocycles. The molecule has 0 aromatic carbocycles. The maximum atomic E-state index is 10.0. The molecule has 14 heavy (non-hydrogen) atoms. The SMILES string of the molecule is CC12CC3CC(C1)C(O)C(O)C(C3)C2. The molecule has 80 valence electrons. The number of aliphatic hydroxyl groups is 2. The predicted molar refractivity (Wildman–Crippen MR) is 53.7 cm³/mol. The van der Waals surface area contributed by atoms with Crippen LogP contribution >= 0.6 is 0 Å². The molecule has 4 bridgehead atoms. The van der Waals surface area contributed by atoms with Crippen LogP contribution in [-0.4, -0.2) is 22.4 Å². The van der Waals surface area contributed by atoms with E-state index in [2.05, 4.69) is 6.92 Å². The highest BCUT2D eigenvalue weighted by Crippen LogP contribution is 2.57. The van der Waals surface area contributed by atoms with Crippen LogP contribution in [0.25, 0.3) is 0 Å². The van der Waals surface area contributed by atoms with Gasteiger partial charge in [0.05, 0.1) is 12.2 Å². The molecule has 0 aromatic rings. The topological polar surface area (TPSA) is 40.5 Å². The Hall–Kier alpha value is -0.0800. The number of hydrogen-bond donors (Lipinski definition) is 2. The van der Waals surface area contributed by atoms with Crippen LogP contribution in [0.1, 0.15) is 39.0 Å². The summed E-state index contributed by atoms with van der Waals surface area (Å²) in [6.07, 6.45) is 5.05. The molecule has 4 aliphatic rings. The molecule has 2 heteroatoms. The van der Waals surface area contributed by atoms with E-state index in [1.165, 1.54) is 6.42 Å². The van der Waals surface area contributed by atoms with Crippen LogP contribution < -0.4 is 0 Å². The third-order valence-corrected chi connectivity index (χ3v) is 4.88. The van der Waals surface area contributed by atoms with Crippen molar-refractivity contribution in [2.45, 2.75) is 51.2 Å². The molecule has 4 saturated carbocycles. The first-order chi connectivity index (χ1) is 6.57. The minimum absolute atomic E-state index is 0.376. The summed E-state index contributed by atoms with van der Waals surface area (Å²) in [6, 6.07) is 0. The van der Waals surface area contributed by atoms with Gasteiger partial charge in [-0.25, -0.2) is 0 Å². The van der Waals surface area contributed by atoms with E-state index in [-0.39, 0.29) is 0 Å². The zero-order valence-corrected chi connectivity index (χ0v) is 8.82. The fraction of sp³-hybridized carbons (Fsp3) is 1.00. The van der Waals surface area contributed by atoms with Crippen molar-refractivity contribution in [1.82, 2.24) is 0 Å². The average Bonchev–Trinajstić information content (AvgIpc) is 2.21. The first-order valence-corrected chi connectivity index (χ1v) is 5.93. The van der Waals surface area contributed by atoms with Crippen molar-refractivity contribution in [3.8, 4) is 0 Å². The highest BCUT2D eigenvalue weighted by Gasteiger charge is 2.52. The van der Waals surface area contributed by atoms with Crippen molar-refractivity contribution in [1.29, 1.82) is 0 Å². The number of aliphatic hydroxyl groups excluding tert-OH is 2. The summed E-state index contributed by atoms with van der Waals surface area (Å²) >= 11 is 0. The minimum Gasteiger partial charge on any atom is -0.390 e. The smallest absolute Gasteiger partial charge is 0.0830 e. The first-order valence-electron chi connectivity index (χ1n) is 5.93. The van der Waals surface area contributed by atoms with Crippen molar-refractivity contribution in [2.75, 3.05) is 0 Å². The fourth-order valence-electron chi connectivity index (χ4n) is 4.58. The van der Waals surface area contributed by atoms with Gasteiger partial charge in [0.15, 0.2) is 0 Å². The van der Waals surface area contributed by atoms with E-state index in [0.717, 1.165) is 31.6 Å². The lowest BCUT2D eigenvalue weighted by Crippen LogP contribution is -2.36. The average molecular weight is 196 g/mol. The van der Waals surface area contributed by atoms with Crippen LogP contribution in [-0.2, 0) is 0 Å². The van der Waals surface area contributed by atoms with Crippen LogP contribution in [0, 0.1) is 23.2 Å². The second kappa shape index (κ2) is 2.73. The third kappa shape index (κ3) is 1.17. The Morgan fingerprint density at radius 2 is 1.43 bits per heavy atom. The lowest BCUT2D eigenvalue weighted by Gasteiger charge is -2.46. The van der Waals surface area contributed by atoms with E-state index in [4.69, 9.17) is 0 Å². The summed E-state index contributed by atoms with van der Waals surface area (Å²) in [7, 11) is 0. The molecule has 0 spiro atoms. The fourth-order valence-corrected chi connectivity index (χ4v) is 4.58. The minimum atomic E-state index is -0.438. The summed E-state index contributed by atoms with van der Waals surface area (Å²) in [6.45, 7) is 2.35. The molecule has 4 fully saturated rings. The van der Waals surface area contributed by atoms with Gasteiger partial charge >= 0.3 is 0 Å². The molecule has 4 unspecified atom stereocenters. The van der Waals surface area contributed by atoms with Crippen LogP contribution in [0.5, 0.6) is 0 Å². The zero-order valence-electron chi connectivity index (χ0n) is 8.82. The molecule has 2 N–H and O–H groups in total. The van der Waals surface area contributed by atoms with E-state index in [1.807, 2.05) is 0 Å². The predicted octanol–water partition coefficient (Wildman–Crippen LogP) is 1.55. The highest BCUT2D eigenvalue weighted by molar-refractivity contribution is 5.02. The Morgan fingerprint density at radius 1 is 0.929 bits per heavy atom. The third-order valence-electron chi connectivity index (χ3n) is 4.88. The van der Waals surface area contributed by atoms with E-state index in [0.29, 0.717) is 17.3 Å². The van der Waals surface area contributed by atoms with Gasteiger partial charge in [-0.1, -0.05) is 6.92 Å². The van der Waals surface area contributed by atoms with E-state index < -0.39 is 12.2 Å². The second-order valence-electron chi connectivity index (χ2n) is 6.26. The number of fused-ring (bicyclic) bond motifs is 1. The van der Waals surface area contributed by atoms with Gasteiger partial charge in [0, 0.05) is 0 Å². The summed E-state index contributed by atoms with van der Waals surface area (Å²) in [5.74, 6) is 1.53. The summed E-state index contributed by atoms with van der Waals surface area (Å²) in [5, 5.41) is 20.1. The molecular formula is C12H20O2. The Labute approximate surface area is 85.3 Å². The van der Waals surface area contributed by atoms with E-state index in [9.17, 15) is 10.2 Å². The standard InChI is InChI=1S/C12H20O2/c1-12-4-7-2-8(5-12)10(13)11(14)9(3-7)6-12/h7-11,13-14H,2-6H2,1H3. The lowest BCUT2D eigenvalue weighted by atomic mass is 9.59. The van der Waals surface area contributed by atoms with Crippen molar-refractivity contribution < 1.29 is 10.2 Å². The Bertz CT molecular complexity index is 231. The lowest BCUT2D eigenvalue weighted by molar-refractivity contribution is -0.0320. The summed E-state index contributed by atoms with van der Waals surface area (Å²) in [5.41, 5.74) is 0.426. The van der Waals surface area contributed by atoms with Crippen LogP contribution in [0.4, 0.5) is 0 Å². The highest BCUT2D eigenvalue weighted by atomic mass is 16.3. The quantitative estimate of drug-likeness (QED) is 0.617. The van der Waals surface area contributed by atoms with Crippen molar-refractivity contribution in [2.24, 2.45) is 23.2 Å². The maximum absolute atomic E-state index is 10.0. The number of rotatable bonds is 0. The maximum Gasteiger partial charge on any atom is 0.0830 e. The van der Waals surface area contributed by atoms with Crippen LogP contribution in [0.2, 0.25) is 0 Å². The van der Waals surface area contributed by atoms with Crippen LogP contribution in [0.3, 0.4) is 0 Å². The Balaban J connectivity index is 1.99. The van der Waals surface area contributed by atoms with Gasteiger partial charge < -0.3 is 10.2 Å². The molecule has 2 nitrogen and oxygen atoms in total. The molecule has 4 rings (SSSR count). The van der Waals surface area contributed by atoms with Crippen molar-refractivity contribution in [3.05, 3.63) is 0 Å². The molecule has 0 radical (unpaired) electrons. The molecule has 4 atom stereocenters. The van der Waals surface area contributed by atoms with Gasteiger partial charge in [-0.2, -0.15) is 0 Å². The van der Waals surface area contributed by atoms with Gasteiger partial charge in [0.1, 0.15) is 0 Å². The summed E-state index contributed by atoms with van der Waals surface area (Å²) in [4.78, 5) is 0. The zero-order chi connectivity index (χ0) is 9.92. The van der Waals surface area contributed by atoms with E-state index >= 15 is 0 Å². The Morgan fingerprint density at radius 3 is 1.86 bits per heavy atom. The van der Waals surface area contributed by atoms with Gasteiger partial charge in [-0.05, 0) is 55.3 Å². The van der Waals surface area contributed by atoms with Crippen molar-refractivity contribution >= 4 is 0 Å². The molecular weight excluding hydrogens is 176 g/mol.